The summed E-state index contributed by atoms with van der Waals surface area (Å²) in [5, 5.41) is 0. The quantitative estimate of drug-likeness (QED) is 0.790. The molecule has 0 unspecified atom stereocenters. The fourth-order valence-corrected chi connectivity index (χ4v) is 3.08. The van der Waals surface area contributed by atoms with Gasteiger partial charge in [0.1, 0.15) is 5.82 Å². The Morgan fingerprint density at radius 2 is 1.72 bits per heavy atom. The van der Waals surface area contributed by atoms with Crippen LogP contribution in [0.3, 0.4) is 0 Å². The van der Waals surface area contributed by atoms with Crippen LogP contribution in [0.25, 0.3) is 11.1 Å². The second-order valence-electron chi connectivity index (χ2n) is 8.07. The van der Waals surface area contributed by atoms with Crippen molar-refractivity contribution >= 4 is 12.6 Å². The van der Waals surface area contributed by atoms with E-state index in [1.807, 2.05) is 45.9 Å². The third kappa shape index (κ3) is 3.00. The molecule has 0 N–H and O–H groups in total. The summed E-state index contributed by atoms with van der Waals surface area (Å²) in [7, 11) is -0.552. The van der Waals surface area contributed by atoms with E-state index in [0.717, 1.165) is 11.3 Å². The molecule has 1 aliphatic heterocycles. The number of aromatic nitrogens is 1. The zero-order chi connectivity index (χ0) is 17.8. The molecule has 3 nitrogen and oxygen atoms in total. The minimum atomic E-state index is -0.552. The maximum atomic E-state index is 14.7. The maximum absolute atomic E-state index is 14.7. The number of hydrogen-bond acceptors (Lipinski definition) is 3. The Hall–Kier alpha value is -1.72. The lowest BCUT2D eigenvalue weighted by molar-refractivity contribution is 0.00578. The zero-order valence-corrected chi connectivity index (χ0v) is 15.2. The Bertz CT molecular complexity index is 784. The lowest BCUT2D eigenvalue weighted by atomic mass is 9.78. The molecular weight excluding hydrogens is 316 g/mol. The number of halogens is 1. The summed E-state index contributed by atoms with van der Waals surface area (Å²) < 4.78 is 26.7. The second-order valence-corrected chi connectivity index (χ2v) is 8.07. The van der Waals surface area contributed by atoms with E-state index in [4.69, 9.17) is 9.31 Å². The van der Waals surface area contributed by atoms with Gasteiger partial charge in [-0.15, -0.1) is 0 Å². The van der Waals surface area contributed by atoms with Crippen molar-refractivity contribution < 1.29 is 13.7 Å². The molecule has 1 saturated heterocycles. The average molecular weight is 339 g/mol. The molecule has 0 spiro atoms. The molecule has 0 amide bonds. The van der Waals surface area contributed by atoms with Crippen molar-refractivity contribution in [3.8, 4) is 11.1 Å². The Balaban J connectivity index is 1.59. The third-order valence-corrected chi connectivity index (χ3v) is 5.61. The van der Waals surface area contributed by atoms with Gasteiger partial charge in [0.15, 0.2) is 0 Å². The predicted octanol–water partition coefficient (Wildman–Crippen LogP) is 4.06. The first-order chi connectivity index (χ1) is 11.8. The van der Waals surface area contributed by atoms with Crippen LogP contribution in [0.4, 0.5) is 4.39 Å². The third-order valence-electron chi connectivity index (χ3n) is 5.61. The van der Waals surface area contributed by atoms with Crippen molar-refractivity contribution in [3.63, 3.8) is 0 Å². The first kappa shape index (κ1) is 16.7. The molecule has 2 aromatic rings. The predicted molar refractivity (Wildman–Crippen MR) is 97.3 cm³/mol. The number of benzene rings is 1. The lowest BCUT2D eigenvalue weighted by Gasteiger charge is -2.32. The Morgan fingerprint density at radius 3 is 2.24 bits per heavy atom. The highest BCUT2D eigenvalue weighted by atomic mass is 19.1. The molecule has 2 fully saturated rings. The van der Waals surface area contributed by atoms with Gasteiger partial charge in [0.25, 0.3) is 0 Å². The monoisotopic (exact) mass is 339 g/mol. The van der Waals surface area contributed by atoms with Crippen molar-refractivity contribution in [2.75, 3.05) is 0 Å². The first-order valence-corrected chi connectivity index (χ1v) is 8.88. The van der Waals surface area contributed by atoms with Gasteiger partial charge < -0.3 is 9.31 Å². The summed E-state index contributed by atoms with van der Waals surface area (Å²) in [4.78, 5) is 4.48. The van der Waals surface area contributed by atoms with Crippen molar-refractivity contribution in [1.82, 2.24) is 4.98 Å². The van der Waals surface area contributed by atoms with Crippen LogP contribution in [0.5, 0.6) is 0 Å². The van der Waals surface area contributed by atoms with Gasteiger partial charge >= 0.3 is 7.12 Å². The van der Waals surface area contributed by atoms with E-state index in [9.17, 15) is 4.39 Å². The first-order valence-electron chi connectivity index (χ1n) is 8.88. The molecule has 2 aliphatic rings. The number of rotatable bonds is 3. The molecule has 2 heterocycles. The van der Waals surface area contributed by atoms with E-state index in [-0.39, 0.29) is 5.82 Å². The molecule has 1 aromatic carbocycles. The average Bonchev–Trinajstić information content (AvgIpc) is 3.35. The number of hydrogen-bond donors (Lipinski definition) is 0. The summed E-state index contributed by atoms with van der Waals surface area (Å²) >= 11 is 0. The fraction of sp³-hybridized carbons (Fsp3) is 0.450. The summed E-state index contributed by atoms with van der Waals surface area (Å²) in [5.41, 5.74) is 2.28. The molecule has 5 heteroatoms. The van der Waals surface area contributed by atoms with E-state index in [0.29, 0.717) is 16.9 Å². The Labute approximate surface area is 148 Å². The highest BCUT2D eigenvalue weighted by molar-refractivity contribution is 6.62. The topological polar surface area (TPSA) is 31.4 Å². The lowest BCUT2D eigenvalue weighted by Crippen LogP contribution is -2.41. The molecule has 0 bridgehead atoms. The van der Waals surface area contributed by atoms with Gasteiger partial charge in [-0.3, -0.25) is 4.98 Å². The SMILES string of the molecule is CC1(C)OB(c2ccc(-c3ccc(C4CC4)nc3)c(F)c2)OC1(C)C. The van der Waals surface area contributed by atoms with Crippen molar-refractivity contribution in [3.05, 3.63) is 48.0 Å². The van der Waals surface area contributed by atoms with E-state index in [1.165, 1.54) is 18.9 Å². The second kappa shape index (κ2) is 5.65. The van der Waals surface area contributed by atoms with Crippen LogP contribution < -0.4 is 5.46 Å². The molecule has 4 rings (SSSR count). The minimum Gasteiger partial charge on any atom is -0.399 e. The molecule has 130 valence electrons. The van der Waals surface area contributed by atoms with Crippen LogP contribution in [-0.2, 0) is 9.31 Å². The van der Waals surface area contributed by atoms with Crippen LogP contribution >= 0.6 is 0 Å². The van der Waals surface area contributed by atoms with Gasteiger partial charge in [-0.2, -0.15) is 0 Å². The van der Waals surface area contributed by atoms with E-state index in [2.05, 4.69) is 4.98 Å². The highest BCUT2D eigenvalue weighted by Gasteiger charge is 2.51. The normalized spacial score (nSPS) is 21.6. The number of pyridine rings is 1. The minimum absolute atomic E-state index is 0.284. The molecule has 25 heavy (non-hydrogen) atoms. The molecule has 0 atom stereocenters. The fourth-order valence-electron chi connectivity index (χ4n) is 3.08. The summed E-state index contributed by atoms with van der Waals surface area (Å²) in [6, 6.07) is 9.12. The van der Waals surface area contributed by atoms with Crippen molar-refractivity contribution in [2.45, 2.75) is 57.7 Å². The van der Waals surface area contributed by atoms with Gasteiger partial charge in [0.2, 0.25) is 0 Å². The van der Waals surface area contributed by atoms with E-state index < -0.39 is 18.3 Å². The van der Waals surface area contributed by atoms with Crippen molar-refractivity contribution in [2.24, 2.45) is 0 Å². The van der Waals surface area contributed by atoms with Crippen molar-refractivity contribution in [1.29, 1.82) is 0 Å². The molecule has 1 saturated carbocycles. The molecule has 1 aliphatic carbocycles. The highest BCUT2D eigenvalue weighted by Crippen LogP contribution is 2.39. The van der Waals surface area contributed by atoms with E-state index >= 15 is 0 Å². The van der Waals surface area contributed by atoms with Crippen LogP contribution in [0, 0.1) is 5.82 Å². The largest absolute Gasteiger partial charge is 0.494 e. The van der Waals surface area contributed by atoms with Gasteiger partial charge in [-0.1, -0.05) is 18.2 Å². The summed E-state index contributed by atoms with van der Waals surface area (Å²) in [6.45, 7) is 7.96. The number of nitrogens with zero attached hydrogens (tertiary/aromatic N) is 1. The Kier molecular flexibility index (Phi) is 3.78. The molecular formula is C20H23BFNO2. The maximum Gasteiger partial charge on any atom is 0.494 e. The molecule has 0 radical (unpaired) electrons. The van der Waals surface area contributed by atoms with E-state index in [1.54, 1.807) is 12.3 Å². The van der Waals surface area contributed by atoms with Crippen LogP contribution in [0.1, 0.15) is 52.1 Å². The standard InChI is InChI=1S/C20H23BFNO2/c1-19(2)20(3,4)25-21(24-19)15-8-9-16(17(22)11-15)14-7-10-18(23-12-14)13-5-6-13/h7-13H,5-6H2,1-4H3. The zero-order valence-electron chi connectivity index (χ0n) is 15.2. The van der Waals surface area contributed by atoms with Crippen LogP contribution in [0.2, 0.25) is 0 Å². The van der Waals surface area contributed by atoms with Gasteiger partial charge in [-0.25, -0.2) is 4.39 Å². The molecule has 1 aromatic heterocycles. The van der Waals surface area contributed by atoms with Gasteiger partial charge in [0, 0.05) is 28.9 Å². The van der Waals surface area contributed by atoms with Crippen LogP contribution in [0.15, 0.2) is 36.5 Å². The summed E-state index contributed by atoms with van der Waals surface area (Å²) in [5.74, 6) is 0.317. The van der Waals surface area contributed by atoms with Gasteiger partial charge in [0.05, 0.1) is 11.2 Å². The van der Waals surface area contributed by atoms with Gasteiger partial charge in [-0.05, 0) is 58.1 Å². The Morgan fingerprint density at radius 1 is 1.04 bits per heavy atom. The smallest absolute Gasteiger partial charge is 0.399 e. The summed E-state index contributed by atoms with van der Waals surface area (Å²) in [6.07, 6.45) is 4.19. The van der Waals surface area contributed by atoms with Crippen LogP contribution in [-0.4, -0.2) is 23.3 Å².